The summed E-state index contributed by atoms with van der Waals surface area (Å²) in [5.41, 5.74) is 1.02. The van der Waals surface area contributed by atoms with Gasteiger partial charge in [0.15, 0.2) is 0 Å². The maximum Gasteiger partial charge on any atom is 0.258 e. The van der Waals surface area contributed by atoms with Crippen LogP contribution in [0.1, 0.15) is 5.69 Å². The maximum absolute atomic E-state index is 5.87. The number of H-pyrrole nitrogens is 1. The minimum absolute atomic E-state index is 0.0922. The summed E-state index contributed by atoms with van der Waals surface area (Å²) >= 11 is 5.87. The molecule has 0 unspecified atom stereocenters. The van der Waals surface area contributed by atoms with E-state index in [4.69, 9.17) is 11.6 Å². The first-order valence-electron chi connectivity index (χ1n) is 5.79. The number of halogens is 1. The van der Waals surface area contributed by atoms with Crippen molar-refractivity contribution in [2.75, 3.05) is 11.9 Å². The second-order valence-electron chi connectivity index (χ2n) is 3.82. The quantitative estimate of drug-likeness (QED) is 0.703. The normalized spacial score (nSPS) is 10.7. The average Bonchev–Trinajstić information content (AvgIpc) is 3.11. The van der Waals surface area contributed by atoms with E-state index in [2.05, 4.69) is 40.3 Å². The number of hydrogen-bond acceptors (Lipinski definition) is 7. The zero-order valence-corrected chi connectivity index (χ0v) is 11.0. The Kier molecular flexibility index (Phi) is 3.50. The fourth-order valence-electron chi connectivity index (χ4n) is 1.56. The number of nitrogens with zero attached hydrogens (tertiary/aromatic N) is 7. The molecule has 20 heavy (non-hydrogen) atoms. The molecule has 3 aromatic heterocycles. The predicted octanol–water partition coefficient (Wildman–Crippen LogP) is 0.483. The molecule has 9 nitrogen and oxygen atoms in total. The van der Waals surface area contributed by atoms with Gasteiger partial charge in [0.25, 0.3) is 5.95 Å². The Balaban J connectivity index is 1.70. The van der Waals surface area contributed by atoms with Gasteiger partial charge in [-0.3, -0.25) is 0 Å². The summed E-state index contributed by atoms with van der Waals surface area (Å²) in [5, 5.41) is 7.11. The second-order valence-corrected chi connectivity index (χ2v) is 4.16. The van der Waals surface area contributed by atoms with Gasteiger partial charge < -0.3 is 10.3 Å². The zero-order chi connectivity index (χ0) is 13.8. The lowest BCUT2D eigenvalue weighted by molar-refractivity contribution is 0.792. The fourth-order valence-corrected chi connectivity index (χ4v) is 1.72. The first kappa shape index (κ1) is 12.5. The molecule has 3 aromatic rings. The van der Waals surface area contributed by atoms with Crippen molar-refractivity contribution in [3.8, 4) is 5.95 Å². The highest BCUT2D eigenvalue weighted by Crippen LogP contribution is 2.08. The van der Waals surface area contributed by atoms with E-state index in [0.717, 1.165) is 12.1 Å². The summed E-state index contributed by atoms with van der Waals surface area (Å²) in [6, 6.07) is 0. The van der Waals surface area contributed by atoms with Gasteiger partial charge >= 0.3 is 0 Å². The zero-order valence-electron chi connectivity index (χ0n) is 10.2. The van der Waals surface area contributed by atoms with Gasteiger partial charge in [-0.1, -0.05) is 0 Å². The molecule has 10 heteroatoms. The van der Waals surface area contributed by atoms with Crippen LogP contribution < -0.4 is 5.32 Å². The molecule has 3 rings (SSSR count). The molecule has 0 atom stereocenters. The van der Waals surface area contributed by atoms with Crippen LogP contribution in [-0.2, 0) is 6.42 Å². The van der Waals surface area contributed by atoms with Crippen LogP contribution in [0.4, 0.5) is 5.95 Å². The Bertz CT molecular complexity index is 664. The van der Waals surface area contributed by atoms with Gasteiger partial charge in [0, 0.05) is 24.9 Å². The van der Waals surface area contributed by atoms with E-state index in [0.29, 0.717) is 18.4 Å². The minimum Gasteiger partial charge on any atom is -0.354 e. The molecule has 0 fully saturated rings. The van der Waals surface area contributed by atoms with Gasteiger partial charge in [-0.05, 0) is 11.6 Å². The summed E-state index contributed by atoms with van der Waals surface area (Å²) in [4.78, 5) is 23.0. The molecule has 0 amide bonds. The monoisotopic (exact) mass is 291 g/mol. The number of nitrogens with one attached hydrogen (secondary N) is 2. The number of imidazole rings is 1. The van der Waals surface area contributed by atoms with E-state index >= 15 is 0 Å². The maximum atomic E-state index is 5.87. The smallest absolute Gasteiger partial charge is 0.258 e. The third-order valence-electron chi connectivity index (χ3n) is 2.45. The predicted molar refractivity (Wildman–Crippen MR) is 70.5 cm³/mol. The minimum atomic E-state index is 0.0922. The molecule has 0 radical (unpaired) electrons. The van der Waals surface area contributed by atoms with Gasteiger partial charge in [-0.25, -0.2) is 9.97 Å². The van der Waals surface area contributed by atoms with E-state index in [-0.39, 0.29) is 5.28 Å². The van der Waals surface area contributed by atoms with E-state index in [1.807, 2.05) is 0 Å². The number of aromatic nitrogens is 8. The number of rotatable bonds is 5. The number of anilines is 1. The van der Waals surface area contributed by atoms with Crippen molar-refractivity contribution in [3.63, 3.8) is 0 Å². The van der Waals surface area contributed by atoms with Gasteiger partial charge in [-0.15, -0.1) is 0 Å². The van der Waals surface area contributed by atoms with Crippen molar-refractivity contribution in [1.29, 1.82) is 0 Å². The molecule has 0 aliphatic rings. The van der Waals surface area contributed by atoms with Gasteiger partial charge in [0.1, 0.15) is 12.7 Å². The fraction of sp³-hybridized carbons (Fsp3) is 0.200. The van der Waals surface area contributed by atoms with Crippen molar-refractivity contribution >= 4 is 17.5 Å². The van der Waals surface area contributed by atoms with Crippen LogP contribution in [0.3, 0.4) is 0 Å². The lowest BCUT2D eigenvalue weighted by Gasteiger charge is -2.05. The van der Waals surface area contributed by atoms with E-state index in [9.17, 15) is 0 Å². The average molecular weight is 292 g/mol. The molecule has 0 aromatic carbocycles. The van der Waals surface area contributed by atoms with Crippen molar-refractivity contribution < 1.29 is 0 Å². The third-order valence-corrected chi connectivity index (χ3v) is 2.62. The summed E-state index contributed by atoms with van der Waals surface area (Å²) in [7, 11) is 0. The van der Waals surface area contributed by atoms with Crippen LogP contribution in [0.15, 0.2) is 25.2 Å². The lowest BCUT2D eigenvalue weighted by atomic mass is 10.3. The molecule has 102 valence electrons. The molecule has 0 aliphatic carbocycles. The second kappa shape index (κ2) is 5.61. The highest BCUT2D eigenvalue weighted by Gasteiger charge is 2.07. The summed E-state index contributed by atoms with van der Waals surface area (Å²) in [6.45, 7) is 0.638. The van der Waals surface area contributed by atoms with Crippen molar-refractivity contribution in [1.82, 2.24) is 39.7 Å². The molecule has 0 bridgehead atoms. The molecule has 3 heterocycles. The van der Waals surface area contributed by atoms with Crippen LogP contribution in [0.25, 0.3) is 5.95 Å². The highest BCUT2D eigenvalue weighted by atomic mass is 35.5. The van der Waals surface area contributed by atoms with Crippen LogP contribution in [0, 0.1) is 0 Å². The van der Waals surface area contributed by atoms with Crippen LogP contribution >= 0.6 is 11.6 Å². The SMILES string of the molecule is Clc1nc(NCCc2cnc[nH]2)nc(-n2cncn2)n1. The molecule has 0 saturated carbocycles. The Morgan fingerprint density at radius 1 is 1.25 bits per heavy atom. The summed E-state index contributed by atoms with van der Waals surface area (Å²) in [5.74, 6) is 0.696. The Morgan fingerprint density at radius 3 is 2.95 bits per heavy atom. The van der Waals surface area contributed by atoms with Gasteiger partial charge in [0.05, 0.1) is 6.33 Å². The van der Waals surface area contributed by atoms with Crippen LogP contribution in [-0.4, -0.2) is 46.2 Å². The number of aromatic amines is 1. The Morgan fingerprint density at radius 2 is 2.20 bits per heavy atom. The van der Waals surface area contributed by atoms with Crippen molar-refractivity contribution in [2.24, 2.45) is 0 Å². The number of hydrogen-bond donors (Lipinski definition) is 2. The largest absolute Gasteiger partial charge is 0.354 e. The van der Waals surface area contributed by atoms with Crippen LogP contribution in [0.2, 0.25) is 5.28 Å². The standard InChI is InChI=1S/C10H10ClN9/c11-8-17-9(14-2-1-7-3-12-4-15-7)19-10(18-8)20-6-13-5-16-20/h3-6H,1-2H2,(H,12,15)(H,14,17,18,19). The molecular formula is C10H10ClN9. The molecule has 0 saturated heterocycles. The first-order valence-corrected chi connectivity index (χ1v) is 6.17. The highest BCUT2D eigenvalue weighted by molar-refractivity contribution is 6.28. The van der Waals surface area contributed by atoms with E-state index < -0.39 is 0 Å². The molecule has 2 N–H and O–H groups in total. The summed E-state index contributed by atoms with van der Waals surface area (Å²) in [6.07, 6.45) is 7.05. The van der Waals surface area contributed by atoms with Crippen molar-refractivity contribution in [2.45, 2.75) is 6.42 Å². The van der Waals surface area contributed by atoms with E-state index in [1.165, 1.54) is 17.3 Å². The lowest BCUT2D eigenvalue weighted by Crippen LogP contribution is -2.11. The molecular weight excluding hydrogens is 282 g/mol. The topological polar surface area (TPSA) is 110 Å². The van der Waals surface area contributed by atoms with Gasteiger partial charge in [-0.2, -0.15) is 24.7 Å². The third kappa shape index (κ3) is 2.88. The van der Waals surface area contributed by atoms with E-state index in [1.54, 1.807) is 12.5 Å². The Hall–Kier alpha value is -2.55. The Labute approximate surface area is 118 Å². The molecule has 0 spiro atoms. The van der Waals surface area contributed by atoms with Crippen molar-refractivity contribution in [3.05, 3.63) is 36.2 Å². The van der Waals surface area contributed by atoms with Gasteiger partial charge in [0.2, 0.25) is 11.2 Å². The summed E-state index contributed by atoms with van der Waals surface area (Å²) < 4.78 is 1.41. The molecule has 0 aliphatic heterocycles. The first-order chi connectivity index (χ1) is 9.81. The van der Waals surface area contributed by atoms with Crippen LogP contribution in [0.5, 0.6) is 0 Å².